The highest BCUT2D eigenvalue weighted by atomic mass is 32.1. The van der Waals surface area contributed by atoms with Crippen LogP contribution < -0.4 is 15.4 Å². The van der Waals surface area contributed by atoms with E-state index in [-0.39, 0.29) is 17.6 Å². The van der Waals surface area contributed by atoms with E-state index < -0.39 is 5.82 Å². The predicted molar refractivity (Wildman–Crippen MR) is 152 cm³/mol. The highest BCUT2D eigenvalue weighted by Crippen LogP contribution is 2.33. The third kappa shape index (κ3) is 6.88. The number of carbonyl (C=O) groups excluding carboxylic acids is 1. The molecule has 5 rings (SSSR count). The van der Waals surface area contributed by atoms with Crippen LogP contribution in [0, 0.1) is 11.7 Å². The van der Waals surface area contributed by atoms with Gasteiger partial charge in [-0.15, -0.1) is 11.3 Å². The summed E-state index contributed by atoms with van der Waals surface area (Å²) in [6.07, 6.45) is 9.75. The zero-order chi connectivity index (χ0) is 26.3. The number of ether oxygens (including phenoxy) is 1. The first-order valence-electron chi connectivity index (χ1n) is 13.7. The van der Waals surface area contributed by atoms with Crippen LogP contribution in [0.25, 0.3) is 10.2 Å². The van der Waals surface area contributed by atoms with Crippen LogP contribution in [0.1, 0.15) is 51.4 Å². The third-order valence-electron chi connectivity index (χ3n) is 7.51. The average Bonchev–Trinajstić information content (AvgIpc) is 3.41. The molecule has 1 saturated heterocycles. The molecule has 0 atom stereocenters. The largest absolute Gasteiger partial charge is 0.489 e. The van der Waals surface area contributed by atoms with Gasteiger partial charge >= 0.3 is 0 Å². The molecule has 1 aliphatic heterocycles. The Hall–Kier alpha value is -3.04. The van der Waals surface area contributed by atoms with Crippen LogP contribution in [-0.4, -0.2) is 52.9 Å². The Morgan fingerprint density at radius 3 is 2.74 bits per heavy atom. The predicted octanol–water partition coefficient (Wildman–Crippen LogP) is 6.55. The second kappa shape index (κ2) is 12.7. The van der Waals surface area contributed by atoms with Crippen LogP contribution in [-0.2, 0) is 4.79 Å². The van der Waals surface area contributed by atoms with E-state index in [1.54, 1.807) is 23.5 Å². The van der Waals surface area contributed by atoms with Crippen molar-refractivity contribution in [3.05, 3.63) is 48.1 Å². The molecule has 1 aromatic carbocycles. The number of nitrogens with zero attached hydrogens (tertiary/aromatic N) is 3. The summed E-state index contributed by atoms with van der Waals surface area (Å²) in [6.45, 7) is 7.07. The molecule has 0 bridgehead atoms. The second-order valence-corrected chi connectivity index (χ2v) is 11.2. The summed E-state index contributed by atoms with van der Waals surface area (Å²) in [4.78, 5) is 23.5. The van der Waals surface area contributed by atoms with E-state index in [1.807, 2.05) is 11.4 Å². The highest BCUT2D eigenvalue weighted by molar-refractivity contribution is 7.17. The van der Waals surface area contributed by atoms with Gasteiger partial charge in [-0.2, -0.15) is 4.98 Å². The normalized spacial score (nSPS) is 20.2. The number of anilines is 3. The van der Waals surface area contributed by atoms with E-state index in [4.69, 9.17) is 9.72 Å². The quantitative estimate of drug-likeness (QED) is 0.268. The molecule has 0 spiro atoms. The second-order valence-electron chi connectivity index (χ2n) is 10.3. The number of piperidine rings is 1. The van der Waals surface area contributed by atoms with Gasteiger partial charge in [-0.1, -0.05) is 13.0 Å². The number of nitrogens with one attached hydrogen (secondary N) is 2. The molecule has 38 heavy (non-hydrogen) atoms. The molecule has 0 radical (unpaired) electrons. The molecular formula is C29H36FN5O2S. The lowest BCUT2D eigenvalue weighted by molar-refractivity contribution is -0.115. The van der Waals surface area contributed by atoms with E-state index in [2.05, 4.69) is 27.1 Å². The van der Waals surface area contributed by atoms with Crippen LogP contribution in [0.15, 0.2) is 42.3 Å². The SMILES string of the molecule is C=CC(=O)CC1CCC(Nc2nc(Nc3ccc(OCCN4CCCCC4)c(F)c3)nc3ccsc23)CC1. The summed E-state index contributed by atoms with van der Waals surface area (Å²) < 4.78 is 21.5. The van der Waals surface area contributed by atoms with E-state index in [0.29, 0.717) is 30.6 Å². The van der Waals surface area contributed by atoms with Gasteiger partial charge in [0.1, 0.15) is 12.4 Å². The minimum Gasteiger partial charge on any atom is -0.489 e. The number of fused-ring (bicyclic) bond motifs is 1. The number of rotatable bonds is 11. The van der Waals surface area contributed by atoms with Crippen LogP contribution in [0.5, 0.6) is 5.75 Å². The molecule has 0 amide bonds. The summed E-state index contributed by atoms with van der Waals surface area (Å²) >= 11 is 1.60. The molecular weight excluding hydrogens is 501 g/mol. The number of aromatic nitrogens is 2. The topological polar surface area (TPSA) is 79.4 Å². The fourth-order valence-corrected chi connectivity index (χ4v) is 6.17. The molecule has 2 aromatic heterocycles. The van der Waals surface area contributed by atoms with Crippen molar-refractivity contribution < 1.29 is 13.9 Å². The van der Waals surface area contributed by atoms with Gasteiger partial charge in [0.25, 0.3) is 0 Å². The Bertz CT molecular complexity index is 1250. The summed E-state index contributed by atoms with van der Waals surface area (Å²) in [5, 5.41) is 8.78. The molecule has 1 saturated carbocycles. The van der Waals surface area contributed by atoms with Crippen molar-refractivity contribution in [2.45, 2.75) is 57.4 Å². The Morgan fingerprint density at radius 2 is 1.97 bits per heavy atom. The molecule has 3 aromatic rings. The van der Waals surface area contributed by atoms with Crippen molar-refractivity contribution in [2.24, 2.45) is 5.92 Å². The molecule has 0 unspecified atom stereocenters. The van der Waals surface area contributed by atoms with E-state index in [9.17, 15) is 9.18 Å². The van der Waals surface area contributed by atoms with Crippen LogP contribution in [0.3, 0.4) is 0 Å². The highest BCUT2D eigenvalue weighted by Gasteiger charge is 2.24. The van der Waals surface area contributed by atoms with Crippen molar-refractivity contribution in [3.63, 3.8) is 0 Å². The van der Waals surface area contributed by atoms with E-state index >= 15 is 0 Å². The Labute approximate surface area is 227 Å². The summed E-state index contributed by atoms with van der Waals surface area (Å²) in [5.41, 5.74) is 1.41. The maximum absolute atomic E-state index is 14.8. The smallest absolute Gasteiger partial charge is 0.229 e. The molecule has 2 N–H and O–H groups in total. The number of benzene rings is 1. The molecule has 202 valence electrons. The maximum Gasteiger partial charge on any atom is 0.229 e. The van der Waals surface area contributed by atoms with Gasteiger partial charge in [0.15, 0.2) is 17.3 Å². The first-order valence-corrected chi connectivity index (χ1v) is 14.5. The summed E-state index contributed by atoms with van der Waals surface area (Å²) in [5.74, 6) is 1.61. The van der Waals surface area contributed by atoms with Crippen molar-refractivity contribution in [2.75, 3.05) is 36.9 Å². The lowest BCUT2D eigenvalue weighted by Crippen LogP contribution is -2.33. The Balaban J connectivity index is 1.20. The first kappa shape index (κ1) is 26.6. The maximum atomic E-state index is 14.8. The van der Waals surface area contributed by atoms with Gasteiger partial charge in [0.2, 0.25) is 5.95 Å². The number of halogens is 1. The van der Waals surface area contributed by atoms with Gasteiger partial charge in [0, 0.05) is 30.8 Å². The molecule has 7 nitrogen and oxygen atoms in total. The van der Waals surface area contributed by atoms with Crippen LogP contribution >= 0.6 is 11.3 Å². The summed E-state index contributed by atoms with van der Waals surface area (Å²) in [7, 11) is 0. The zero-order valence-electron chi connectivity index (χ0n) is 21.8. The van der Waals surface area contributed by atoms with E-state index in [1.165, 1.54) is 31.4 Å². The fourth-order valence-electron chi connectivity index (χ4n) is 5.38. The van der Waals surface area contributed by atoms with Crippen molar-refractivity contribution >= 4 is 44.8 Å². The van der Waals surface area contributed by atoms with Crippen LogP contribution in [0.4, 0.5) is 21.8 Å². The first-order chi connectivity index (χ1) is 18.6. The van der Waals surface area contributed by atoms with Gasteiger partial charge in [-0.05, 0) is 87.2 Å². The number of likely N-dealkylation sites (tertiary alicyclic amines) is 1. The molecule has 2 fully saturated rings. The molecule has 2 aliphatic rings. The van der Waals surface area contributed by atoms with Gasteiger partial charge < -0.3 is 15.4 Å². The number of hydrogen-bond acceptors (Lipinski definition) is 8. The molecule has 3 heterocycles. The minimum absolute atomic E-state index is 0.127. The molecule has 9 heteroatoms. The average molecular weight is 538 g/mol. The lowest BCUT2D eigenvalue weighted by atomic mass is 9.83. The molecule has 1 aliphatic carbocycles. The number of hydrogen-bond donors (Lipinski definition) is 2. The number of ketones is 1. The zero-order valence-corrected chi connectivity index (χ0v) is 22.6. The summed E-state index contributed by atoms with van der Waals surface area (Å²) in [6, 6.07) is 7.13. The Kier molecular flexibility index (Phi) is 8.86. The Morgan fingerprint density at radius 1 is 1.16 bits per heavy atom. The van der Waals surface area contributed by atoms with E-state index in [0.717, 1.165) is 61.4 Å². The monoisotopic (exact) mass is 537 g/mol. The van der Waals surface area contributed by atoms with Crippen molar-refractivity contribution in [3.8, 4) is 5.75 Å². The fraction of sp³-hybridized carbons (Fsp3) is 0.483. The van der Waals surface area contributed by atoms with Crippen molar-refractivity contribution in [1.82, 2.24) is 14.9 Å². The minimum atomic E-state index is -0.407. The van der Waals surface area contributed by atoms with Crippen LogP contribution in [0.2, 0.25) is 0 Å². The number of thiophene rings is 1. The van der Waals surface area contributed by atoms with Gasteiger partial charge in [-0.3, -0.25) is 9.69 Å². The standard InChI is InChI=1S/C29H36FN5O2S/c1-2-23(36)18-20-6-8-21(9-7-20)31-28-27-25(12-17-38-27)33-29(34-28)32-22-10-11-26(24(30)19-22)37-16-15-35-13-4-3-5-14-35/h2,10-12,17,19-21H,1,3-9,13-16,18H2,(H2,31,32,33,34). The van der Waals surface area contributed by atoms with Gasteiger partial charge in [-0.25, -0.2) is 9.37 Å². The number of allylic oxidation sites excluding steroid dienone is 1. The van der Waals surface area contributed by atoms with Crippen molar-refractivity contribution in [1.29, 1.82) is 0 Å². The lowest BCUT2D eigenvalue weighted by Gasteiger charge is -2.29. The third-order valence-corrected chi connectivity index (χ3v) is 8.42. The van der Waals surface area contributed by atoms with Gasteiger partial charge in [0.05, 0.1) is 10.2 Å². The number of carbonyl (C=O) groups is 1.